The second-order valence-electron chi connectivity index (χ2n) is 5.45. The van der Waals surface area contributed by atoms with Crippen LogP contribution < -0.4 is 4.72 Å². The molecule has 0 aliphatic heterocycles. The summed E-state index contributed by atoms with van der Waals surface area (Å²) in [6, 6.07) is 17.6. The van der Waals surface area contributed by atoms with Crippen molar-refractivity contribution in [3.8, 4) is 10.7 Å². The van der Waals surface area contributed by atoms with E-state index < -0.39 is 10.0 Å². The second kappa shape index (κ2) is 6.79. The number of fused-ring (bicyclic) bond motifs is 1. The van der Waals surface area contributed by atoms with Crippen LogP contribution >= 0.6 is 27.3 Å². The van der Waals surface area contributed by atoms with Gasteiger partial charge in [0.1, 0.15) is 0 Å². The highest BCUT2D eigenvalue weighted by atomic mass is 79.9. The molecule has 0 spiro atoms. The lowest BCUT2D eigenvalue weighted by Gasteiger charge is -2.11. The first-order valence-corrected chi connectivity index (χ1v) is 10.8. The van der Waals surface area contributed by atoms with E-state index in [4.69, 9.17) is 0 Å². The zero-order valence-electron chi connectivity index (χ0n) is 13.3. The van der Waals surface area contributed by atoms with Crippen LogP contribution in [0, 0.1) is 0 Å². The number of thiophene rings is 1. The Labute approximate surface area is 162 Å². The van der Waals surface area contributed by atoms with Crippen LogP contribution in [0.3, 0.4) is 0 Å². The lowest BCUT2D eigenvalue weighted by Crippen LogP contribution is -2.14. The number of rotatable bonds is 4. The molecule has 0 amide bonds. The smallest absolute Gasteiger partial charge is 0.263 e. The molecule has 0 bridgehead atoms. The molecule has 2 aromatic carbocycles. The predicted octanol–water partition coefficient (Wildman–Crippen LogP) is 4.92. The average Bonchev–Trinajstić information content (AvgIpc) is 3.16. The van der Waals surface area contributed by atoms with Gasteiger partial charge in [-0.2, -0.15) is 0 Å². The van der Waals surface area contributed by atoms with Crippen LogP contribution in [-0.2, 0) is 10.0 Å². The molecule has 2 aromatic heterocycles. The molecular formula is C18H12BrN3O2S2. The van der Waals surface area contributed by atoms with Gasteiger partial charge in [-0.05, 0) is 47.8 Å². The van der Waals surface area contributed by atoms with E-state index in [0.717, 1.165) is 9.35 Å². The first-order chi connectivity index (χ1) is 12.5. The Hall–Kier alpha value is -2.29. The quantitative estimate of drug-likeness (QED) is 0.483. The number of nitrogens with one attached hydrogen (secondary N) is 1. The number of sulfonamides is 1. The lowest BCUT2D eigenvalue weighted by molar-refractivity contribution is 0.601. The molecule has 4 rings (SSSR count). The summed E-state index contributed by atoms with van der Waals surface area (Å²) < 4.78 is 29.0. The van der Waals surface area contributed by atoms with E-state index in [9.17, 15) is 8.42 Å². The fourth-order valence-corrected chi connectivity index (χ4v) is 4.41. The fourth-order valence-electron chi connectivity index (χ4n) is 2.47. The Kier molecular flexibility index (Phi) is 4.47. The molecule has 26 heavy (non-hydrogen) atoms. The zero-order chi connectivity index (χ0) is 18.1. The van der Waals surface area contributed by atoms with E-state index in [1.165, 1.54) is 23.5 Å². The van der Waals surface area contributed by atoms with Gasteiger partial charge in [0.25, 0.3) is 10.0 Å². The van der Waals surface area contributed by atoms with Crippen LogP contribution in [-0.4, -0.2) is 18.4 Å². The van der Waals surface area contributed by atoms with Gasteiger partial charge < -0.3 is 0 Å². The predicted molar refractivity (Wildman–Crippen MR) is 108 cm³/mol. The maximum Gasteiger partial charge on any atom is 0.263 e. The molecule has 0 aliphatic carbocycles. The second-order valence-corrected chi connectivity index (χ2v) is 9.00. The maximum absolute atomic E-state index is 12.8. The van der Waals surface area contributed by atoms with Gasteiger partial charge in [-0.25, -0.2) is 18.4 Å². The molecule has 130 valence electrons. The van der Waals surface area contributed by atoms with Crippen molar-refractivity contribution in [3.63, 3.8) is 0 Å². The summed E-state index contributed by atoms with van der Waals surface area (Å²) in [4.78, 5) is 10.1. The molecule has 0 unspecified atom stereocenters. The highest BCUT2D eigenvalue weighted by Gasteiger charge is 2.18. The van der Waals surface area contributed by atoms with Crippen molar-refractivity contribution >= 4 is 54.0 Å². The van der Waals surface area contributed by atoms with E-state index in [1.807, 2.05) is 35.7 Å². The summed E-state index contributed by atoms with van der Waals surface area (Å²) in [6.07, 6.45) is 0. The Morgan fingerprint density at radius 1 is 0.923 bits per heavy atom. The Morgan fingerprint density at radius 3 is 2.42 bits per heavy atom. The van der Waals surface area contributed by atoms with Gasteiger partial charge in [-0.15, -0.1) is 11.3 Å². The molecule has 0 aliphatic rings. The highest BCUT2D eigenvalue weighted by molar-refractivity contribution is 9.10. The van der Waals surface area contributed by atoms with E-state index in [1.54, 1.807) is 18.2 Å². The van der Waals surface area contributed by atoms with Crippen LogP contribution in [0.15, 0.2) is 75.4 Å². The SMILES string of the molecule is O=S(=O)(Nc1nc(-c2cccs2)nc2ccccc12)c1ccc(Br)cc1. The van der Waals surface area contributed by atoms with Gasteiger partial charge in [-0.1, -0.05) is 34.1 Å². The van der Waals surface area contributed by atoms with Crippen LogP contribution in [0.4, 0.5) is 5.82 Å². The third-order valence-corrected chi connectivity index (χ3v) is 6.45. The number of nitrogens with zero attached hydrogens (tertiary/aromatic N) is 2. The molecule has 0 saturated heterocycles. The minimum atomic E-state index is -3.76. The zero-order valence-corrected chi connectivity index (χ0v) is 16.5. The van der Waals surface area contributed by atoms with Gasteiger partial charge in [0.05, 0.1) is 15.3 Å². The number of halogens is 1. The van der Waals surface area contributed by atoms with Crippen molar-refractivity contribution in [1.82, 2.24) is 9.97 Å². The van der Waals surface area contributed by atoms with Crippen molar-refractivity contribution < 1.29 is 8.42 Å². The van der Waals surface area contributed by atoms with Gasteiger partial charge in [0.15, 0.2) is 11.6 Å². The summed E-state index contributed by atoms with van der Waals surface area (Å²) in [7, 11) is -3.76. The molecule has 4 aromatic rings. The Balaban J connectivity index is 1.84. The van der Waals surface area contributed by atoms with Gasteiger partial charge in [0.2, 0.25) is 0 Å². The van der Waals surface area contributed by atoms with Crippen molar-refractivity contribution in [2.45, 2.75) is 4.90 Å². The van der Waals surface area contributed by atoms with Crippen LogP contribution in [0.25, 0.3) is 21.6 Å². The molecule has 0 atom stereocenters. The average molecular weight is 446 g/mol. The monoisotopic (exact) mass is 445 g/mol. The van der Waals surface area contributed by atoms with Gasteiger partial charge >= 0.3 is 0 Å². The van der Waals surface area contributed by atoms with Gasteiger partial charge in [0, 0.05) is 9.86 Å². The molecule has 0 saturated carbocycles. The standard InChI is InChI=1S/C18H12BrN3O2S2/c19-12-7-9-13(10-8-12)26(23,24)22-17-14-4-1-2-5-15(14)20-18(21-17)16-6-3-11-25-16/h1-11H,(H,20,21,22). The number of para-hydroxylation sites is 1. The first-order valence-electron chi connectivity index (χ1n) is 7.62. The van der Waals surface area contributed by atoms with Crippen LogP contribution in [0.1, 0.15) is 0 Å². The third kappa shape index (κ3) is 3.35. The topological polar surface area (TPSA) is 72.0 Å². The number of hydrogen-bond acceptors (Lipinski definition) is 5. The number of anilines is 1. The van der Waals surface area contributed by atoms with Gasteiger partial charge in [-0.3, -0.25) is 4.72 Å². The summed E-state index contributed by atoms with van der Waals surface area (Å²) >= 11 is 4.81. The van der Waals surface area contributed by atoms with Crippen molar-refractivity contribution in [2.24, 2.45) is 0 Å². The number of aromatic nitrogens is 2. The number of benzene rings is 2. The summed E-state index contributed by atoms with van der Waals surface area (Å²) in [5, 5.41) is 2.58. The third-order valence-electron chi connectivity index (χ3n) is 3.70. The highest BCUT2D eigenvalue weighted by Crippen LogP contribution is 2.28. The lowest BCUT2D eigenvalue weighted by atomic mass is 10.2. The molecule has 5 nitrogen and oxygen atoms in total. The molecule has 1 N–H and O–H groups in total. The van der Waals surface area contributed by atoms with Crippen molar-refractivity contribution in [3.05, 3.63) is 70.5 Å². The fraction of sp³-hybridized carbons (Fsp3) is 0. The first kappa shape index (κ1) is 17.1. The summed E-state index contributed by atoms with van der Waals surface area (Å²) in [5.74, 6) is 0.758. The maximum atomic E-state index is 12.8. The van der Waals surface area contributed by atoms with E-state index in [-0.39, 0.29) is 10.7 Å². The molecule has 2 heterocycles. The van der Waals surface area contributed by atoms with E-state index in [2.05, 4.69) is 30.6 Å². The summed E-state index contributed by atoms with van der Waals surface area (Å²) in [6.45, 7) is 0. The normalized spacial score (nSPS) is 11.6. The molecular weight excluding hydrogens is 434 g/mol. The Morgan fingerprint density at radius 2 is 1.69 bits per heavy atom. The van der Waals surface area contributed by atoms with E-state index in [0.29, 0.717) is 16.7 Å². The van der Waals surface area contributed by atoms with E-state index >= 15 is 0 Å². The minimum absolute atomic E-state index is 0.168. The largest absolute Gasteiger partial charge is 0.263 e. The molecule has 0 fully saturated rings. The van der Waals surface area contributed by atoms with Crippen molar-refractivity contribution in [2.75, 3.05) is 4.72 Å². The van der Waals surface area contributed by atoms with Crippen molar-refractivity contribution in [1.29, 1.82) is 0 Å². The molecule has 0 radical (unpaired) electrons. The minimum Gasteiger partial charge on any atom is -0.263 e. The Bertz CT molecular complexity index is 1180. The van der Waals surface area contributed by atoms with Crippen LogP contribution in [0.5, 0.6) is 0 Å². The summed E-state index contributed by atoms with van der Waals surface area (Å²) in [5.41, 5.74) is 0.680. The molecule has 8 heteroatoms. The van der Waals surface area contributed by atoms with Crippen LogP contribution in [0.2, 0.25) is 0 Å². The number of hydrogen-bond donors (Lipinski definition) is 1.